The van der Waals surface area contributed by atoms with Gasteiger partial charge in [0.25, 0.3) is 0 Å². The van der Waals surface area contributed by atoms with Crippen LogP contribution in [0.25, 0.3) is 43.1 Å². The highest BCUT2D eigenvalue weighted by molar-refractivity contribution is 7.73. The molecule has 0 aromatic heterocycles. The molecular weight excluding hydrogens is 658 g/mol. The Hall–Kier alpha value is -4.42. The maximum atomic E-state index is 6.93. The number of hydrogen-bond donors (Lipinski definition) is 0. The van der Waals surface area contributed by atoms with Crippen molar-refractivity contribution in [2.75, 3.05) is 12.3 Å². The second-order valence-corrected chi connectivity index (χ2v) is 18.6. The molecule has 250 valence electrons. The summed E-state index contributed by atoms with van der Waals surface area (Å²) in [5.74, 6) is -0.670. The summed E-state index contributed by atoms with van der Waals surface area (Å²) in [6, 6.07) is 62.9. The first-order valence-corrected chi connectivity index (χ1v) is 20.9. The van der Waals surface area contributed by atoms with E-state index in [1.54, 1.807) is 0 Å². The summed E-state index contributed by atoms with van der Waals surface area (Å²) < 4.78 is 13.9. The number of benzene rings is 8. The fourth-order valence-electron chi connectivity index (χ4n) is 7.68. The average Bonchev–Trinajstić information content (AvgIpc) is 3.47. The third-order valence-electron chi connectivity index (χ3n) is 10.2. The van der Waals surface area contributed by atoms with E-state index < -0.39 is 21.6 Å². The Morgan fingerprint density at radius 1 is 0.373 bits per heavy atom. The molecule has 0 aliphatic carbocycles. The standard InChI is InChI=1S/C47H40O2P2/c1-47(2)48-45(31-50(41-23-19-33-11-3-7-15-37(33)27-41)42-24-20-34-12-4-8-16-38(34)28-42)46(49-47)32-51(43-25-21-35-13-5-9-17-39(35)29-43)44-26-22-36-14-6-10-18-40(36)30-44/h3-30,45-46H,31-32H2,1-2H3/t45-,46-/m0/s1. The van der Waals surface area contributed by atoms with Gasteiger partial charge in [-0.25, -0.2) is 0 Å². The molecule has 0 unspecified atom stereocenters. The van der Waals surface area contributed by atoms with Gasteiger partial charge in [-0.05, 0) is 118 Å². The summed E-state index contributed by atoms with van der Waals surface area (Å²) in [6.07, 6.45) is 1.65. The van der Waals surface area contributed by atoms with Gasteiger partial charge in [0.15, 0.2) is 5.79 Å². The monoisotopic (exact) mass is 698 g/mol. The summed E-state index contributed by atoms with van der Waals surface area (Å²) in [5.41, 5.74) is 0. The van der Waals surface area contributed by atoms with Gasteiger partial charge in [-0.2, -0.15) is 0 Å². The molecule has 2 nitrogen and oxygen atoms in total. The van der Waals surface area contributed by atoms with E-state index in [2.05, 4.69) is 184 Å². The van der Waals surface area contributed by atoms with Crippen molar-refractivity contribution in [1.82, 2.24) is 0 Å². The molecule has 1 aliphatic rings. The number of rotatable bonds is 8. The van der Waals surface area contributed by atoms with Gasteiger partial charge in [-0.3, -0.25) is 0 Å². The normalized spacial score (nSPS) is 17.3. The predicted molar refractivity (Wildman–Crippen MR) is 222 cm³/mol. The van der Waals surface area contributed by atoms with Gasteiger partial charge in [0.1, 0.15) is 0 Å². The Morgan fingerprint density at radius 3 is 0.902 bits per heavy atom. The van der Waals surface area contributed by atoms with Crippen LogP contribution in [0.4, 0.5) is 0 Å². The van der Waals surface area contributed by atoms with Crippen LogP contribution in [0.15, 0.2) is 170 Å². The number of hydrogen-bond acceptors (Lipinski definition) is 2. The summed E-state index contributed by atoms with van der Waals surface area (Å²) >= 11 is 0. The molecule has 8 aromatic carbocycles. The van der Waals surface area contributed by atoms with Crippen LogP contribution in [0.5, 0.6) is 0 Å². The van der Waals surface area contributed by atoms with Crippen molar-refractivity contribution in [2.45, 2.75) is 31.8 Å². The Bertz CT molecular complexity index is 2190. The molecule has 51 heavy (non-hydrogen) atoms. The smallest absolute Gasteiger partial charge is 0.163 e. The van der Waals surface area contributed by atoms with Gasteiger partial charge in [-0.15, -0.1) is 0 Å². The predicted octanol–water partition coefficient (Wildman–Crippen LogP) is 10.4. The molecular formula is C47H40O2P2. The maximum absolute atomic E-state index is 6.93. The Balaban J connectivity index is 1.12. The second-order valence-electron chi connectivity index (χ2n) is 14.1. The van der Waals surface area contributed by atoms with Crippen LogP contribution in [-0.2, 0) is 9.47 Å². The van der Waals surface area contributed by atoms with Crippen LogP contribution in [-0.4, -0.2) is 30.3 Å². The zero-order chi connectivity index (χ0) is 34.4. The Kier molecular flexibility index (Phi) is 8.67. The van der Waals surface area contributed by atoms with Gasteiger partial charge in [0.05, 0.1) is 12.2 Å². The molecule has 1 heterocycles. The van der Waals surface area contributed by atoms with Crippen molar-refractivity contribution < 1.29 is 9.47 Å². The molecule has 0 radical (unpaired) electrons. The summed E-state index contributed by atoms with van der Waals surface area (Å²) in [7, 11) is -1.51. The van der Waals surface area contributed by atoms with Crippen LogP contribution in [0.1, 0.15) is 13.8 Å². The summed E-state index contributed by atoms with van der Waals surface area (Å²) in [6.45, 7) is 4.17. The fraction of sp³-hybridized carbons (Fsp3) is 0.149. The Labute approximate surface area is 302 Å². The topological polar surface area (TPSA) is 18.5 Å². The minimum absolute atomic E-state index is 0.0602. The van der Waals surface area contributed by atoms with Crippen molar-refractivity contribution in [3.8, 4) is 0 Å². The van der Waals surface area contributed by atoms with E-state index in [1.807, 2.05) is 0 Å². The molecule has 9 rings (SSSR count). The SMILES string of the molecule is CC1(C)O[C@@H](CP(c2ccc3ccccc3c2)c2ccc3ccccc3c2)[C@H](CP(c2ccc3ccccc3c2)c2ccc3ccccc3c2)O1. The van der Waals surface area contributed by atoms with E-state index in [1.165, 1.54) is 64.3 Å². The van der Waals surface area contributed by atoms with Crippen molar-refractivity contribution in [2.24, 2.45) is 0 Å². The second kappa shape index (κ2) is 13.6. The van der Waals surface area contributed by atoms with Gasteiger partial charge in [0.2, 0.25) is 0 Å². The minimum atomic E-state index is -0.755. The van der Waals surface area contributed by atoms with Crippen LogP contribution < -0.4 is 21.2 Å². The summed E-state index contributed by atoms with van der Waals surface area (Å²) in [4.78, 5) is 0. The van der Waals surface area contributed by atoms with E-state index in [0.717, 1.165) is 12.3 Å². The van der Waals surface area contributed by atoms with Crippen molar-refractivity contribution >= 4 is 80.2 Å². The van der Waals surface area contributed by atoms with E-state index in [-0.39, 0.29) is 12.2 Å². The lowest BCUT2D eigenvalue weighted by Crippen LogP contribution is -2.33. The van der Waals surface area contributed by atoms with E-state index in [4.69, 9.17) is 9.47 Å². The van der Waals surface area contributed by atoms with E-state index in [9.17, 15) is 0 Å². The molecule has 1 fully saturated rings. The first kappa shape index (κ1) is 32.5. The summed E-state index contributed by atoms with van der Waals surface area (Å²) in [5, 5.41) is 15.7. The van der Waals surface area contributed by atoms with E-state index >= 15 is 0 Å². The molecule has 2 atom stereocenters. The lowest BCUT2D eigenvalue weighted by Gasteiger charge is -2.28. The van der Waals surface area contributed by atoms with Gasteiger partial charge in [-0.1, -0.05) is 146 Å². The minimum Gasteiger partial charge on any atom is -0.344 e. The van der Waals surface area contributed by atoms with Crippen molar-refractivity contribution in [3.05, 3.63) is 170 Å². The number of ether oxygens (including phenoxy) is 2. The van der Waals surface area contributed by atoms with Crippen LogP contribution in [0.2, 0.25) is 0 Å². The van der Waals surface area contributed by atoms with Crippen LogP contribution in [0, 0.1) is 0 Å². The average molecular weight is 699 g/mol. The Morgan fingerprint density at radius 2 is 0.627 bits per heavy atom. The van der Waals surface area contributed by atoms with Crippen molar-refractivity contribution in [3.63, 3.8) is 0 Å². The molecule has 0 spiro atoms. The molecule has 8 aromatic rings. The van der Waals surface area contributed by atoms with Gasteiger partial charge >= 0.3 is 0 Å². The molecule has 4 heteroatoms. The highest BCUT2D eigenvalue weighted by Crippen LogP contribution is 2.45. The van der Waals surface area contributed by atoms with Gasteiger partial charge < -0.3 is 9.47 Å². The third kappa shape index (κ3) is 6.71. The highest BCUT2D eigenvalue weighted by atomic mass is 31.1. The van der Waals surface area contributed by atoms with Crippen LogP contribution >= 0.6 is 15.8 Å². The largest absolute Gasteiger partial charge is 0.344 e. The lowest BCUT2D eigenvalue weighted by molar-refractivity contribution is -0.142. The zero-order valence-corrected chi connectivity index (χ0v) is 30.7. The third-order valence-corrected chi connectivity index (χ3v) is 15.2. The first-order valence-electron chi connectivity index (χ1n) is 17.8. The maximum Gasteiger partial charge on any atom is 0.163 e. The molecule has 0 bridgehead atoms. The number of fused-ring (bicyclic) bond motifs is 4. The zero-order valence-electron chi connectivity index (χ0n) is 28.9. The molecule has 0 amide bonds. The van der Waals surface area contributed by atoms with Crippen LogP contribution in [0.3, 0.4) is 0 Å². The highest BCUT2D eigenvalue weighted by Gasteiger charge is 2.43. The molecule has 1 aliphatic heterocycles. The molecule has 0 N–H and O–H groups in total. The molecule has 1 saturated heterocycles. The molecule has 0 saturated carbocycles. The quantitative estimate of drug-likeness (QED) is 0.147. The lowest BCUT2D eigenvalue weighted by atomic mass is 10.1. The van der Waals surface area contributed by atoms with Gasteiger partial charge in [0, 0.05) is 12.3 Å². The van der Waals surface area contributed by atoms with E-state index in [0.29, 0.717) is 0 Å². The van der Waals surface area contributed by atoms with Crippen molar-refractivity contribution in [1.29, 1.82) is 0 Å². The first-order chi connectivity index (χ1) is 25.0. The fourth-order valence-corrected chi connectivity index (χ4v) is 12.7.